The molecule has 0 bridgehead atoms. The second-order valence-electron chi connectivity index (χ2n) is 4.34. The number of H-pyrrole nitrogens is 1. The number of aromatic nitrogens is 1. The van der Waals surface area contributed by atoms with Gasteiger partial charge in [-0.15, -0.1) is 11.6 Å². The zero-order valence-corrected chi connectivity index (χ0v) is 10.5. The van der Waals surface area contributed by atoms with Crippen molar-refractivity contribution in [1.29, 1.82) is 0 Å². The number of likely N-dealkylation sites (tertiary alicyclic amines) is 1. The van der Waals surface area contributed by atoms with Gasteiger partial charge in [-0.25, -0.2) is 0 Å². The van der Waals surface area contributed by atoms with Gasteiger partial charge in [0.05, 0.1) is 0 Å². The van der Waals surface area contributed by atoms with Gasteiger partial charge in [0, 0.05) is 36.4 Å². The van der Waals surface area contributed by atoms with Crippen LogP contribution in [0.2, 0.25) is 0 Å². The summed E-state index contributed by atoms with van der Waals surface area (Å²) in [5.41, 5.74) is 0.723. The van der Waals surface area contributed by atoms with Crippen molar-refractivity contribution < 1.29 is 4.79 Å². The number of pyridine rings is 1. The molecule has 92 valence electrons. The minimum atomic E-state index is -0.230. The Kier molecular flexibility index (Phi) is 3.52. The van der Waals surface area contributed by atoms with Crippen molar-refractivity contribution in [2.75, 3.05) is 12.4 Å². The van der Waals surface area contributed by atoms with Crippen LogP contribution in [0.3, 0.4) is 0 Å². The second-order valence-corrected chi connectivity index (χ2v) is 4.65. The van der Waals surface area contributed by atoms with Crippen LogP contribution in [0.4, 0.5) is 0 Å². The van der Waals surface area contributed by atoms with E-state index >= 15 is 0 Å². The standard InChI is InChI=1S/C12H15ClN2O2/c1-8-5-11(16)10(7-14-8)12(17)15-4-2-3-9(15)6-13/h5,7,9H,2-4,6H2,1H3,(H,14,16). The lowest BCUT2D eigenvalue weighted by molar-refractivity contribution is 0.0747. The number of carbonyl (C=O) groups is 1. The topological polar surface area (TPSA) is 53.2 Å². The normalized spacial score (nSPS) is 19.6. The Balaban J connectivity index is 2.28. The number of aryl methyl sites for hydroxylation is 1. The third-order valence-corrected chi connectivity index (χ3v) is 3.46. The molecule has 0 aliphatic carbocycles. The highest BCUT2D eigenvalue weighted by atomic mass is 35.5. The maximum absolute atomic E-state index is 12.2. The molecular weight excluding hydrogens is 240 g/mol. The largest absolute Gasteiger partial charge is 0.364 e. The summed E-state index contributed by atoms with van der Waals surface area (Å²) in [5.74, 6) is 0.213. The van der Waals surface area contributed by atoms with Gasteiger partial charge >= 0.3 is 0 Å². The maximum atomic E-state index is 12.2. The summed E-state index contributed by atoms with van der Waals surface area (Å²) in [6.45, 7) is 2.47. The van der Waals surface area contributed by atoms with Crippen molar-refractivity contribution in [3.63, 3.8) is 0 Å². The molecule has 1 aromatic heterocycles. The van der Waals surface area contributed by atoms with Crippen molar-refractivity contribution in [1.82, 2.24) is 9.88 Å². The second kappa shape index (κ2) is 4.92. The molecule has 5 heteroatoms. The Labute approximate surface area is 105 Å². The molecule has 1 fully saturated rings. The number of rotatable bonds is 2. The fourth-order valence-electron chi connectivity index (χ4n) is 2.16. The van der Waals surface area contributed by atoms with Crippen molar-refractivity contribution in [3.05, 3.63) is 33.7 Å². The van der Waals surface area contributed by atoms with E-state index in [4.69, 9.17) is 11.6 Å². The lowest BCUT2D eigenvalue weighted by atomic mass is 10.2. The minimum Gasteiger partial charge on any atom is -0.364 e. The number of nitrogens with one attached hydrogen (secondary N) is 1. The highest BCUT2D eigenvalue weighted by Gasteiger charge is 2.29. The van der Waals surface area contributed by atoms with Crippen LogP contribution in [-0.2, 0) is 0 Å². The van der Waals surface area contributed by atoms with Crippen LogP contribution in [0.5, 0.6) is 0 Å². The molecule has 1 aromatic rings. The van der Waals surface area contributed by atoms with Gasteiger partial charge in [-0.1, -0.05) is 0 Å². The Morgan fingerprint density at radius 3 is 3.06 bits per heavy atom. The van der Waals surface area contributed by atoms with Crippen LogP contribution in [0.1, 0.15) is 28.9 Å². The monoisotopic (exact) mass is 254 g/mol. The Bertz CT molecular complexity index is 484. The molecule has 1 amide bonds. The van der Waals surface area contributed by atoms with Crippen LogP contribution in [0.25, 0.3) is 0 Å². The first-order valence-corrected chi connectivity index (χ1v) is 6.23. The molecule has 1 atom stereocenters. The van der Waals surface area contributed by atoms with Gasteiger partial charge in [0.15, 0.2) is 5.43 Å². The average molecular weight is 255 g/mol. The summed E-state index contributed by atoms with van der Waals surface area (Å²) < 4.78 is 0. The molecule has 0 radical (unpaired) electrons. The van der Waals surface area contributed by atoms with E-state index in [0.29, 0.717) is 12.4 Å². The minimum absolute atomic E-state index is 0.0601. The van der Waals surface area contributed by atoms with Gasteiger partial charge in [-0.05, 0) is 19.8 Å². The van der Waals surface area contributed by atoms with E-state index in [-0.39, 0.29) is 22.9 Å². The van der Waals surface area contributed by atoms with Crippen LogP contribution in [-0.4, -0.2) is 34.3 Å². The number of carbonyl (C=O) groups excluding carboxylic acids is 1. The van der Waals surface area contributed by atoms with E-state index in [1.165, 1.54) is 12.3 Å². The van der Waals surface area contributed by atoms with E-state index in [9.17, 15) is 9.59 Å². The summed E-state index contributed by atoms with van der Waals surface area (Å²) in [4.78, 5) is 28.5. The summed E-state index contributed by atoms with van der Waals surface area (Å²) in [6, 6.07) is 1.50. The SMILES string of the molecule is Cc1cc(=O)c(C(=O)N2CCCC2CCl)c[nH]1. The Morgan fingerprint density at radius 1 is 1.65 bits per heavy atom. The fourth-order valence-corrected chi connectivity index (χ4v) is 2.48. The van der Waals surface area contributed by atoms with Gasteiger partial charge in [0.2, 0.25) is 0 Å². The zero-order chi connectivity index (χ0) is 12.4. The Hall–Kier alpha value is -1.29. The molecule has 1 aliphatic heterocycles. The predicted octanol–water partition coefficient (Wildman–Crippen LogP) is 1.53. The molecule has 0 aromatic carbocycles. The Morgan fingerprint density at radius 2 is 2.41 bits per heavy atom. The van der Waals surface area contributed by atoms with Crippen molar-refractivity contribution in [2.45, 2.75) is 25.8 Å². The summed E-state index contributed by atoms with van der Waals surface area (Å²) in [7, 11) is 0. The fraction of sp³-hybridized carbons (Fsp3) is 0.500. The van der Waals surface area contributed by atoms with Gasteiger partial charge in [0.1, 0.15) is 5.56 Å². The van der Waals surface area contributed by atoms with Gasteiger partial charge in [0.25, 0.3) is 5.91 Å². The van der Waals surface area contributed by atoms with Crippen LogP contribution >= 0.6 is 11.6 Å². The maximum Gasteiger partial charge on any atom is 0.259 e. The lowest BCUT2D eigenvalue weighted by Gasteiger charge is -2.22. The molecule has 1 aliphatic rings. The first kappa shape index (κ1) is 12.2. The third-order valence-electron chi connectivity index (χ3n) is 3.10. The first-order chi connectivity index (χ1) is 8.13. The summed E-state index contributed by atoms with van der Waals surface area (Å²) >= 11 is 5.82. The molecule has 4 nitrogen and oxygen atoms in total. The van der Waals surface area contributed by atoms with E-state index in [1.807, 2.05) is 0 Å². The lowest BCUT2D eigenvalue weighted by Crippen LogP contribution is -2.38. The number of hydrogen-bond acceptors (Lipinski definition) is 2. The highest BCUT2D eigenvalue weighted by Crippen LogP contribution is 2.19. The molecule has 1 saturated heterocycles. The average Bonchev–Trinajstić information content (AvgIpc) is 2.76. The molecule has 0 saturated carbocycles. The summed E-state index contributed by atoms with van der Waals surface area (Å²) in [5, 5.41) is 0. The molecule has 0 spiro atoms. The van der Waals surface area contributed by atoms with E-state index in [1.54, 1.807) is 11.8 Å². The van der Waals surface area contributed by atoms with Gasteiger partial charge < -0.3 is 9.88 Å². The quantitative estimate of drug-likeness (QED) is 0.814. The number of halogens is 1. The zero-order valence-electron chi connectivity index (χ0n) is 9.70. The smallest absolute Gasteiger partial charge is 0.259 e. The van der Waals surface area contributed by atoms with Crippen LogP contribution < -0.4 is 5.43 Å². The van der Waals surface area contributed by atoms with E-state index < -0.39 is 0 Å². The van der Waals surface area contributed by atoms with Crippen molar-refractivity contribution in [2.24, 2.45) is 0 Å². The van der Waals surface area contributed by atoms with Crippen LogP contribution in [0.15, 0.2) is 17.1 Å². The van der Waals surface area contributed by atoms with Crippen molar-refractivity contribution in [3.8, 4) is 0 Å². The number of alkyl halides is 1. The van der Waals surface area contributed by atoms with E-state index in [0.717, 1.165) is 18.5 Å². The van der Waals surface area contributed by atoms with Gasteiger partial charge in [-0.2, -0.15) is 0 Å². The number of nitrogens with zero attached hydrogens (tertiary/aromatic N) is 1. The first-order valence-electron chi connectivity index (χ1n) is 5.69. The molecule has 1 unspecified atom stereocenters. The third kappa shape index (κ3) is 2.36. The van der Waals surface area contributed by atoms with Crippen LogP contribution in [0, 0.1) is 6.92 Å². The van der Waals surface area contributed by atoms with Crippen molar-refractivity contribution >= 4 is 17.5 Å². The van der Waals surface area contributed by atoms with Gasteiger partial charge in [-0.3, -0.25) is 9.59 Å². The number of aromatic amines is 1. The highest BCUT2D eigenvalue weighted by molar-refractivity contribution is 6.18. The molecule has 1 N–H and O–H groups in total. The number of amides is 1. The molecule has 2 rings (SSSR count). The molecule has 17 heavy (non-hydrogen) atoms. The van der Waals surface area contributed by atoms with E-state index in [2.05, 4.69) is 4.98 Å². The molecule has 2 heterocycles. The predicted molar refractivity (Wildman–Crippen MR) is 66.6 cm³/mol. The molecular formula is C12H15ClN2O2. The number of hydrogen-bond donors (Lipinski definition) is 1. The summed E-state index contributed by atoms with van der Waals surface area (Å²) in [6.07, 6.45) is 3.36.